The molecule has 1 atom stereocenters. The highest BCUT2D eigenvalue weighted by atomic mass is 32.1. The number of aromatic nitrogens is 1. The molecule has 0 aliphatic rings. The fourth-order valence-corrected chi connectivity index (χ4v) is 2.80. The average Bonchev–Trinajstić information content (AvgIpc) is 2.94. The zero-order valence-electron chi connectivity index (χ0n) is 11.6. The lowest BCUT2D eigenvalue weighted by molar-refractivity contribution is 0.151. The number of benzene rings is 1. The van der Waals surface area contributed by atoms with Gasteiger partial charge in [0.25, 0.3) is 6.43 Å². The van der Waals surface area contributed by atoms with E-state index in [2.05, 4.69) is 24.1 Å². The van der Waals surface area contributed by atoms with Crippen LogP contribution in [0.5, 0.6) is 0 Å². The van der Waals surface area contributed by atoms with Gasteiger partial charge in [0.05, 0.1) is 5.69 Å². The van der Waals surface area contributed by atoms with Gasteiger partial charge in [-0.2, -0.15) is 0 Å². The van der Waals surface area contributed by atoms with E-state index in [1.54, 1.807) is 6.07 Å². The molecule has 0 bridgehead atoms. The van der Waals surface area contributed by atoms with E-state index in [9.17, 15) is 8.78 Å². The Morgan fingerprint density at radius 3 is 2.85 bits per heavy atom. The molecule has 20 heavy (non-hydrogen) atoms. The van der Waals surface area contributed by atoms with E-state index in [1.807, 2.05) is 11.4 Å². The normalized spacial score (nSPS) is 12.8. The molecule has 1 heterocycles. The second-order valence-electron chi connectivity index (χ2n) is 4.68. The van der Waals surface area contributed by atoms with Gasteiger partial charge < -0.3 is 5.32 Å². The molecule has 0 fully saturated rings. The van der Waals surface area contributed by atoms with Gasteiger partial charge in [-0.15, -0.1) is 11.3 Å². The Bertz CT molecular complexity index is 554. The molecular formula is C15H18F2N2S. The lowest BCUT2D eigenvalue weighted by Crippen LogP contribution is -2.19. The summed E-state index contributed by atoms with van der Waals surface area (Å²) in [6.07, 6.45) is -1.38. The van der Waals surface area contributed by atoms with E-state index in [0.717, 1.165) is 29.2 Å². The van der Waals surface area contributed by atoms with E-state index in [-0.39, 0.29) is 11.6 Å². The summed E-state index contributed by atoms with van der Waals surface area (Å²) in [5.74, 6) is 0. The number of alkyl halides is 2. The van der Waals surface area contributed by atoms with Gasteiger partial charge in [-0.1, -0.05) is 25.1 Å². The van der Waals surface area contributed by atoms with E-state index < -0.39 is 6.43 Å². The number of nitrogens with zero attached hydrogens (tertiary/aromatic N) is 1. The summed E-state index contributed by atoms with van der Waals surface area (Å²) >= 11 is 1.49. The molecule has 108 valence electrons. The summed E-state index contributed by atoms with van der Waals surface area (Å²) in [6, 6.07) is 6.60. The molecule has 1 aromatic heterocycles. The quantitative estimate of drug-likeness (QED) is 0.827. The maximum Gasteiger partial charge on any atom is 0.263 e. The molecule has 2 aromatic rings. The highest BCUT2D eigenvalue weighted by Crippen LogP contribution is 2.29. The van der Waals surface area contributed by atoms with Gasteiger partial charge in [-0.3, -0.25) is 0 Å². The molecule has 0 aliphatic heterocycles. The molecule has 1 unspecified atom stereocenters. The zero-order chi connectivity index (χ0) is 14.5. The fourth-order valence-electron chi connectivity index (χ4n) is 1.89. The summed E-state index contributed by atoms with van der Waals surface area (Å²) in [5, 5.41) is 6.14. The van der Waals surface area contributed by atoms with Crippen LogP contribution in [0.3, 0.4) is 0 Å². The number of hydrogen-bond donors (Lipinski definition) is 1. The molecule has 0 amide bonds. The first-order chi connectivity index (χ1) is 9.61. The third-order valence-electron chi connectivity index (χ3n) is 3.05. The van der Waals surface area contributed by atoms with Gasteiger partial charge in [0.15, 0.2) is 0 Å². The van der Waals surface area contributed by atoms with E-state index in [0.29, 0.717) is 0 Å². The smallest absolute Gasteiger partial charge is 0.263 e. The standard InChI is InChI=1S/C15H18F2N2S/c1-3-7-18-10(2)13-9-20-15(19-13)12-6-4-5-11(8-12)14(16)17/h4-6,8-10,14,18H,3,7H2,1-2H3. The first kappa shape index (κ1) is 15.1. The minimum Gasteiger partial charge on any atom is -0.309 e. The lowest BCUT2D eigenvalue weighted by atomic mass is 10.1. The predicted molar refractivity (Wildman–Crippen MR) is 79.2 cm³/mol. The van der Waals surface area contributed by atoms with Crippen LogP contribution in [0, 0.1) is 0 Å². The Kier molecular flexibility index (Phi) is 5.20. The highest BCUT2D eigenvalue weighted by molar-refractivity contribution is 7.13. The average molecular weight is 296 g/mol. The molecule has 0 aliphatic carbocycles. The van der Waals surface area contributed by atoms with Crippen molar-refractivity contribution in [3.05, 3.63) is 40.9 Å². The maximum absolute atomic E-state index is 12.7. The molecule has 2 rings (SSSR count). The second-order valence-corrected chi connectivity index (χ2v) is 5.54. The van der Waals surface area contributed by atoms with Crippen LogP contribution in [0.25, 0.3) is 10.6 Å². The van der Waals surface area contributed by atoms with Gasteiger partial charge in [0.1, 0.15) is 5.01 Å². The van der Waals surface area contributed by atoms with Crippen LogP contribution >= 0.6 is 11.3 Å². The molecular weight excluding hydrogens is 278 g/mol. The van der Waals surface area contributed by atoms with Crippen LogP contribution < -0.4 is 5.32 Å². The van der Waals surface area contributed by atoms with Crippen molar-refractivity contribution in [3.8, 4) is 10.6 Å². The number of rotatable bonds is 6. The Labute approximate surface area is 121 Å². The van der Waals surface area contributed by atoms with Gasteiger partial charge in [0.2, 0.25) is 0 Å². The van der Waals surface area contributed by atoms with Crippen molar-refractivity contribution in [1.82, 2.24) is 10.3 Å². The fraction of sp³-hybridized carbons (Fsp3) is 0.400. The first-order valence-corrected chi connectivity index (χ1v) is 7.57. The number of halogens is 2. The van der Waals surface area contributed by atoms with Crippen LogP contribution in [0.1, 0.15) is 44.0 Å². The zero-order valence-corrected chi connectivity index (χ0v) is 12.4. The summed E-state index contributed by atoms with van der Waals surface area (Å²) in [7, 11) is 0. The number of hydrogen-bond acceptors (Lipinski definition) is 3. The molecule has 0 saturated heterocycles. The van der Waals surface area contributed by atoms with Crippen molar-refractivity contribution in [2.24, 2.45) is 0 Å². The van der Waals surface area contributed by atoms with Gasteiger partial charge >= 0.3 is 0 Å². The van der Waals surface area contributed by atoms with E-state index >= 15 is 0 Å². The van der Waals surface area contributed by atoms with Crippen molar-refractivity contribution < 1.29 is 8.78 Å². The van der Waals surface area contributed by atoms with Crippen molar-refractivity contribution in [3.63, 3.8) is 0 Å². The van der Waals surface area contributed by atoms with Crippen LogP contribution in [-0.2, 0) is 0 Å². The monoisotopic (exact) mass is 296 g/mol. The summed E-state index contributed by atoms with van der Waals surface area (Å²) in [5.41, 5.74) is 1.75. The largest absolute Gasteiger partial charge is 0.309 e. The van der Waals surface area contributed by atoms with Crippen molar-refractivity contribution in [2.45, 2.75) is 32.7 Å². The Balaban J connectivity index is 2.18. The van der Waals surface area contributed by atoms with Gasteiger partial charge in [0, 0.05) is 22.5 Å². The molecule has 5 heteroatoms. The van der Waals surface area contributed by atoms with Crippen molar-refractivity contribution >= 4 is 11.3 Å². The number of thiazole rings is 1. The Hall–Kier alpha value is -1.33. The van der Waals surface area contributed by atoms with Gasteiger partial charge in [-0.05, 0) is 26.0 Å². The van der Waals surface area contributed by atoms with Crippen molar-refractivity contribution in [2.75, 3.05) is 6.54 Å². The van der Waals surface area contributed by atoms with Crippen molar-refractivity contribution in [1.29, 1.82) is 0 Å². The molecule has 0 radical (unpaired) electrons. The van der Waals surface area contributed by atoms with Crippen LogP contribution in [0.2, 0.25) is 0 Å². The van der Waals surface area contributed by atoms with Crippen LogP contribution in [0.4, 0.5) is 8.78 Å². The predicted octanol–water partition coefficient (Wildman–Crippen LogP) is 4.81. The first-order valence-electron chi connectivity index (χ1n) is 6.69. The third-order valence-corrected chi connectivity index (χ3v) is 3.96. The van der Waals surface area contributed by atoms with E-state index in [1.165, 1.54) is 23.5 Å². The lowest BCUT2D eigenvalue weighted by Gasteiger charge is -2.09. The Morgan fingerprint density at radius 2 is 2.15 bits per heavy atom. The number of nitrogens with one attached hydrogen (secondary N) is 1. The summed E-state index contributed by atoms with van der Waals surface area (Å²) in [6.45, 7) is 5.11. The maximum atomic E-state index is 12.7. The Morgan fingerprint density at radius 1 is 1.35 bits per heavy atom. The molecule has 0 saturated carbocycles. The molecule has 0 spiro atoms. The summed E-state index contributed by atoms with van der Waals surface area (Å²) in [4.78, 5) is 4.54. The summed E-state index contributed by atoms with van der Waals surface area (Å²) < 4.78 is 25.4. The van der Waals surface area contributed by atoms with Gasteiger partial charge in [-0.25, -0.2) is 13.8 Å². The molecule has 1 N–H and O–H groups in total. The minimum atomic E-state index is -2.44. The molecule has 1 aromatic carbocycles. The second kappa shape index (κ2) is 6.90. The molecule has 2 nitrogen and oxygen atoms in total. The topological polar surface area (TPSA) is 24.9 Å². The van der Waals surface area contributed by atoms with Crippen LogP contribution in [0.15, 0.2) is 29.6 Å². The highest BCUT2D eigenvalue weighted by Gasteiger charge is 2.12. The van der Waals surface area contributed by atoms with E-state index in [4.69, 9.17) is 0 Å². The third kappa shape index (κ3) is 3.61. The minimum absolute atomic E-state index is 0.0383. The van der Waals surface area contributed by atoms with Crippen LogP contribution in [-0.4, -0.2) is 11.5 Å². The SMILES string of the molecule is CCCNC(C)c1csc(-c2cccc(C(F)F)c2)n1.